The molecule has 18 nitrogen and oxygen atoms in total. The molecule has 0 aliphatic rings. The summed E-state index contributed by atoms with van der Waals surface area (Å²) < 4.78 is 0. The van der Waals surface area contributed by atoms with Crippen LogP contribution in [0, 0.1) is 11.8 Å². The average molecular weight is 671 g/mol. The van der Waals surface area contributed by atoms with Crippen molar-refractivity contribution in [3.05, 3.63) is 0 Å². The number of carbonyl (C=O) groups is 7. The summed E-state index contributed by atoms with van der Waals surface area (Å²) in [5.74, 6) is -5.41. The second-order valence-electron chi connectivity index (χ2n) is 12.3. The van der Waals surface area contributed by atoms with Gasteiger partial charge in [-0.3, -0.25) is 33.8 Å². The van der Waals surface area contributed by atoms with Crippen LogP contribution in [0.4, 0.5) is 0 Å². The molecule has 13 N–H and O–H groups in total. The Balaban J connectivity index is 5.30. The minimum absolute atomic E-state index is 0.0115. The van der Waals surface area contributed by atoms with Crippen LogP contribution >= 0.6 is 0 Å². The third-order valence-electron chi connectivity index (χ3n) is 6.60. The molecule has 0 aromatic rings. The zero-order valence-electron chi connectivity index (χ0n) is 28.3. The zero-order valence-corrected chi connectivity index (χ0v) is 28.3. The predicted molar refractivity (Wildman–Crippen MR) is 174 cm³/mol. The van der Waals surface area contributed by atoms with E-state index in [4.69, 9.17) is 17.2 Å². The molecular weight excluding hydrogens is 616 g/mol. The average Bonchev–Trinajstić information content (AvgIpc) is 2.95. The Bertz CT molecular complexity index is 1120. The summed E-state index contributed by atoms with van der Waals surface area (Å²) in [4.78, 5) is 91.3. The maximum atomic E-state index is 13.1. The van der Waals surface area contributed by atoms with Gasteiger partial charge in [0.25, 0.3) is 0 Å². The van der Waals surface area contributed by atoms with E-state index in [2.05, 4.69) is 36.9 Å². The highest BCUT2D eigenvalue weighted by Gasteiger charge is 2.29. The van der Waals surface area contributed by atoms with Crippen molar-refractivity contribution in [2.24, 2.45) is 34.0 Å². The molecular formula is C29H54N10O8. The minimum Gasteiger partial charge on any atom is -0.480 e. The third kappa shape index (κ3) is 18.3. The van der Waals surface area contributed by atoms with E-state index in [1.165, 1.54) is 20.8 Å². The molecule has 0 aromatic carbocycles. The first kappa shape index (κ1) is 42.5. The van der Waals surface area contributed by atoms with Crippen molar-refractivity contribution in [1.82, 2.24) is 31.9 Å². The van der Waals surface area contributed by atoms with Gasteiger partial charge in [0.05, 0.1) is 12.6 Å². The first-order chi connectivity index (χ1) is 21.7. The van der Waals surface area contributed by atoms with Crippen molar-refractivity contribution in [2.45, 2.75) is 110 Å². The number of carboxylic acid groups (broad SMARTS) is 1. The molecule has 0 aliphatic carbocycles. The lowest BCUT2D eigenvalue weighted by Crippen LogP contribution is -2.57. The van der Waals surface area contributed by atoms with E-state index in [1.54, 1.807) is 0 Å². The Kier molecular flexibility index (Phi) is 19.3. The molecule has 0 saturated carbocycles. The van der Waals surface area contributed by atoms with E-state index in [0.29, 0.717) is 0 Å². The molecule has 6 amide bonds. The number of hydrogen-bond acceptors (Lipinski definition) is 9. The fourth-order valence-corrected chi connectivity index (χ4v) is 4.09. The van der Waals surface area contributed by atoms with Crippen molar-refractivity contribution in [2.75, 3.05) is 13.1 Å². The van der Waals surface area contributed by atoms with Crippen LogP contribution in [0.3, 0.4) is 0 Å². The standard InChI is InChI=1S/C29H54N10O8/c1-14(2)11-20(39-25(43)17(6)35-23(41)16(5)30)26(44)34-13-22(40)37-21(12-15(3)4)27(45)36-18(7)24(42)38-19(28(46)47)9-8-10-33-29(31)32/h14-21H,8-13,30H2,1-7H3,(H,34,44)(H,35,41)(H,36,45)(H,37,40)(H,38,42)(H,39,43)(H,46,47)(H4,31,32,33)/t16-,17-,18-,19-,20-,21-/m0/s1. The van der Waals surface area contributed by atoms with Gasteiger partial charge in [0.2, 0.25) is 35.4 Å². The fourth-order valence-electron chi connectivity index (χ4n) is 4.09. The number of nitrogens with zero attached hydrogens (tertiary/aromatic N) is 1. The molecule has 0 unspecified atom stereocenters. The van der Waals surface area contributed by atoms with Gasteiger partial charge >= 0.3 is 5.97 Å². The number of nitrogens with two attached hydrogens (primary N) is 3. The summed E-state index contributed by atoms with van der Waals surface area (Å²) in [6.07, 6.45) is 0.760. The predicted octanol–water partition coefficient (Wildman–Crippen LogP) is -2.86. The van der Waals surface area contributed by atoms with Crippen molar-refractivity contribution in [3.8, 4) is 0 Å². The van der Waals surface area contributed by atoms with E-state index < -0.39 is 84.2 Å². The summed E-state index contributed by atoms with van der Waals surface area (Å²) in [5, 5.41) is 24.4. The number of aliphatic imine (C=N–C) groups is 1. The Morgan fingerprint density at radius 3 is 1.55 bits per heavy atom. The number of carbonyl (C=O) groups excluding carboxylic acids is 6. The van der Waals surface area contributed by atoms with E-state index in [9.17, 15) is 38.7 Å². The lowest BCUT2D eigenvalue weighted by molar-refractivity contribution is -0.142. The number of aliphatic carboxylic acids is 1. The van der Waals surface area contributed by atoms with Gasteiger partial charge in [-0.25, -0.2) is 4.79 Å². The summed E-state index contributed by atoms with van der Waals surface area (Å²) in [7, 11) is 0. The van der Waals surface area contributed by atoms with Crippen molar-refractivity contribution in [1.29, 1.82) is 0 Å². The molecule has 268 valence electrons. The number of nitrogens with one attached hydrogen (secondary N) is 6. The van der Waals surface area contributed by atoms with Crippen molar-refractivity contribution < 1.29 is 38.7 Å². The Morgan fingerprint density at radius 2 is 1.11 bits per heavy atom. The zero-order chi connectivity index (χ0) is 36.4. The number of guanidine groups is 1. The lowest BCUT2D eigenvalue weighted by atomic mass is 10.0. The van der Waals surface area contributed by atoms with Gasteiger partial charge < -0.3 is 54.2 Å². The molecule has 0 fully saturated rings. The molecule has 0 heterocycles. The van der Waals surface area contributed by atoms with E-state index >= 15 is 0 Å². The van der Waals surface area contributed by atoms with Crippen LogP contribution in [0.2, 0.25) is 0 Å². The van der Waals surface area contributed by atoms with E-state index in [-0.39, 0.29) is 50.0 Å². The monoisotopic (exact) mass is 670 g/mol. The van der Waals surface area contributed by atoms with Crippen LogP contribution < -0.4 is 49.1 Å². The Hall–Kier alpha value is -4.48. The molecule has 0 bridgehead atoms. The quantitative estimate of drug-likeness (QED) is 0.0336. The van der Waals surface area contributed by atoms with E-state index in [1.807, 2.05) is 27.7 Å². The summed E-state index contributed by atoms with van der Waals surface area (Å²) in [5.41, 5.74) is 16.0. The Morgan fingerprint density at radius 1 is 0.638 bits per heavy atom. The highest BCUT2D eigenvalue weighted by Crippen LogP contribution is 2.07. The lowest BCUT2D eigenvalue weighted by Gasteiger charge is -2.24. The highest BCUT2D eigenvalue weighted by molar-refractivity contribution is 5.95. The minimum atomic E-state index is -1.27. The van der Waals surface area contributed by atoms with Crippen LogP contribution in [0.5, 0.6) is 0 Å². The normalized spacial score (nSPS) is 14.8. The smallest absolute Gasteiger partial charge is 0.326 e. The first-order valence-corrected chi connectivity index (χ1v) is 15.6. The second kappa shape index (κ2) is 21.3. The van der Waals surface area contributed by atoms with Gasteiger partial charge in [0.1, 0.15) is 30.2 Å². The van der Waals surface area contributed by atoms with Crippen LogP contribution in [-0.2, 0) is 33.6 Å². The molecule has 0 aromatic heterocycles. The van der Waals surface area contributed by atoms with Gasteiger partial charge in [-0.1, -0.05) is 27.7 Å². The fraction of sp³-hybridized carbons (Fsp3) is 0.724. The summed E-state index contributed by atoms with van der Waals surface area (Å²) in [6, 6.07) is -6.28. The molecule has 0 rings (SSSR count). The maximum Gasteiger partial charge on any atom is 0.326 e. The second-order valence-corrected chi connectivity index (χ2v) is 12.3. The molecule has 47 heavy (non-hydrogen) atoms. The molecule has 0 spiro atoms. The number of carboxylic acids is 1. The van der Waals surface area contributed by atoms with Crippen molar-refractivity contribution in [3.63, 3.8) is 0 Å². The number of hydrogen-bond donors (Lipinski definition) is 10. The topological polar surface area (TPSA) is 302 Å². The SMILES string of the molecule is CC(C)C[C@H](NC(=O)CNC(=O)[C@H](CC(C)C)NC(=O)[C@H](C)NC(=O)[C@H](C)N)C(=O)N[C@@H](C)C(=O)N[C@@H](CCCN=C(N)N)C(=O)O. The van der Waals surface area contributed by atoms with Crippen LogP contribution in [0.25, 0.3) is 0 Å². The largest absolute Gasteiger partial charge is 0.480 e. The molecule has 0 radical (unpaired) electrons. The molecule has 0 aliphatic heterocycles. The number of amides is 6. The third-order valence-corrected chi connectivity index (χ3v) is 6.60. The highest BCUT2D eigenvalue weighted by atomic mass is 16.4. The van der Waals surface area contributed by atoms with E-state index in [0.717, 1.165) is 0 Å². The van der Waals surface area contributed by atoms with Gasteiger partial charge in [-0.15, -0.1) is 0 Å². The van der Waals surface area contributed by atoms with Crippen molar-refractivity contribution >= 4 is 47.4 Å². The summed E-state index contributed by atoms with van der Waals surface area (Å²) in [6.45, 7) is 11.3. The van der Waals surface area contributed by atoms with Gasteiger partial charge in [0.15, 0.2) is 5.96 Å². The first-order valence-electron chi connectivity index (χ1n) is 15.6. The van der Waals surface area contributed by atoms with Gasteiger partial charge in [-0.2, -0.15) is 0 Å². The number of rotatable bonds is 21. The molecule has 6 atom stereocenters. The van der Waals surface area contributed by atoms with Gasteiger partial charge in [-0.05, 0) is 58.3 Å². The Labute approximate surface area is 275 Å². The molecule has 18 heteroatoms. The van der Waals surface area contributed by atoms with Crippen LogP contribution in [-0.4, -0.2) is 102 Å². The van der Waals surface area contributed by atoms with Gasteiger partial charge in [0, 0.05) is 6.54 Å². The van der Waals surface area contributed by atoms with Crippen LogP contribution in [0.1, 0.15) is 74.1 Å². The summed E-state index contributed by atoms with van der Waals surface area (Å²) >= 11 is 0. The van der Waals surface area contributed by atoms with Crippen LogP contribution in [0.15, 0.2) is 4.99 Å². The maximum absolute atomic E-state index is 13.1. The molecule has 0 saturated heterocycles.